The first-order chi connectivity index (χ1) is 9.18. The van der Waals surface area contributed by atoms with E-state index in [4.69, 9.17) is 5.73 Å². The van der Waals surface area contributed by atoms with Gasteiger partial charge in [0.25, 0.3) is 11.4 Å². The molecular weight excluding hydrogens is 264 g/mol. The number of non-ortho nitro benzene ring substituents is 1. The van der Waals surface area contributed by atoms with Gasteiger partial charge < -0.3 is 10.6 Å². The van der Waals surface area contributed by atoms with Crippen molar-refractivity contribution in [2.75, 3.05) is 25.0 Å². The van der Waals surface area contributed by atoms with E-state index >= 15 is 0 Å². The molecule has 0 radical (unpaired) electrons. The van der Waals surface area contributed by atoms with Crippen molar-refractivity contribution < 1.29 is 9.85 Å². The first-order valence-electron chi connectivity index (χ1n) is 6.02. The van der Waals surface area contributed by atoms with Crippen LogP contribution >= 0.6 is 0 Å². The summed E-state index contributed by atoms with van der Waals surface area (Å²) >= 11 is 0. The molecule has 1 aromatic rings. The van der Waals surface area contributed by atoms with Gasteiger partial charge in [-0.1, -0.05) is 13.8 Å². The van der Waals surface area contributed by atoms with E-state index in [0.29, 0.717) is 18.8 Å². The average molecular weight is 282 g/mol. The third-order valence-electron chi connectivity index (χ3n) is 3.00. The summed E-state index contributed by atoms with van der Waals surface area (Å²) in [6.45, 7) is 4.82. The van der Waals surface area contributed by atoms with Crippen molar-refractivity contribution in [1.29, 1.82) is 0 Å². The molecule has 0 aliphatic carbocycles. The lowest BCUT2D eigenvalue weighted by molar-refractivity contribution is -0.393. The van der Waals surface area contributed by atoms with Crippen molar-refractivity contribution in [1.82, 2.24) is 0 Å². The van der Waals surface area contributed by atoms with E-state index in [-0.39, 0.29) is 16.8 Å². The maximum Gasteiger partial charge on any atom is 0.299 e. The zero-order valence-corrected chi connectivity index (χ0v) is 11.7. The van der Waals surface area contributed by atoms with E-state index in [9.17, 15) is 20.2 Å². The molecule has 0 atom stereocenters. The molecule has 2 N–H and O–H groups in total. The summed E-state index contributed by atoms with van der Waals surface area (Å²) in [7, 11) is 1.70. The predicted molar refractivity (Wildman–Crippen MR) is 75.9 cm³/mol. The molecule has 20 heavy (non-hydrogen) atoms. The van der Waals surface area contributed by atoms with E-state index in [1.54, 1.807) is 11.9 Å². The average Bonchev–Trinajstić information content (AvgIpc) is 2.37. The number of nitrogens with zero attached hydrogens (tertiary/aromatic N) is 3. The Bertz CT molecular complexity index is 530. The quantitative estimate of drug-likeness (QED) is 0.629. The second-order valence-electron chi connectivity index (χ2n) is 5.41. The highest BCUT2D eigenvalue weighted by Crippen LogP contribution is 2.32. The van der Waals surface area contributed by atoms with Crippen LogP contribution in [0, 0.1) is 25.6 Å². The highest BCUT2D eigenvalue weighted by atomic mass is 16.6. The molecule has 0 aromatic heterocycles. The number of benzene rings is 1. The smallest absolute Gasteiger partial charge is 0.299 e. The molecule has 0 aliphatic rings. The molecule has 8 nitrogen and oxygen atoms in total. The molecule has 1 rings (SSSR count). The van der Waals surface area contributed by atoms with Crippen LogP contribution in [-0.4, -0.2) is 30.0 Å². The summed E-state index contributed by atoms with van der Waals surface area (Å²) in [6.07, 6.45) is 0. The van der Waals surface area contributed by atoms with Gasteiger partial charge in [0, 0.05) is 19.7 Å². The van der Waals surface area contributed by atoms with Crippen LogP contribution in [0.5, 0.6) is 0 Å². The highest BCUT2D eigenvalue weighted by Gasteiger charge is 2.25. The van der Waals surface area contributed by atoms with Crippen LogP contribution in [0.1, 0.15) is 13.8 Å². The predicted octanol–water partition coefficient (Wildman–Crippen LogP) is 1.92. The second kappa shape index (κ2) is 5.83. The van der Waals surface area contributed by atoms with E-state index in [1.807, 2.05) is 13.8 Å². The van der Waals surface area contributed by atoms with Crippen LogP contribution in [0.4, 0.5) is 17.1 Å². The van der Waals surface area contributed by atoms with Crippen molar-refractivity contribution in [3.63, 3.8) is 0 Å². The Morgan fingerprint density at radius 3 is 2.30 bits per heavy atom. The van der Waals surface area contributed by atoms with Gasteiger partial charge >= 0.3 is 0 Å². The van der Waals surface area contributed by atoms with Gasteiger partial charge in [-0.25, -0.2) is 0 Å². The van der Waals surface area contributed by atoms with Crippen molar-refractivity contribution in [3.8, 4) is 0 Å². The summed E-state index contributed by atoms with van der Waals surface area (Å²) in [5, 5.41) is 21.8. The molecule has 0 aliphatic heterocycles. The topological polar surface area (TPSA) is 116 Å². The first kappa shape index (κ1) is 15.8. The van der Waals surface area contributed by atoms with Crippen LogP contribution in [0.25, 0.3) is 0 Å². The van der Waals surface area contributed by atoms with E-state index < -0.39 is 9.85 Å². The number of rotatable bonds is 6. The van der Waals surface area contributed by atoms with Crippen molar-refractivity contribution in [2.45, 2.75) is 13.8 Å². The fourth-order valence-electron chi connectivity index (χ4n) is 1.89. The minimum atomic E-state index is -0.652. The molecule has 0 amide bonds. The van der Waals surface area contributed by atoms with Gasteiger partial charge in [-0.15, -0.1) is 0 Å². The number of anilines is 1. The molecule has 0 unspecified atom stereocenters. The van der Waals surface area contributed by atoms with E-state index in [0.717, 1.165) is 6.07 Å². The third kappa shape index (κ3) is 3.64. The van der Waals surface area contributed by atoms with Gasteiger partial charge in [0.1, 0.15) is 5.69 Å². The Morgan fingerprint density at radius 2 is 1.85 bits per heavy atom. The lowest BCUT2D eigenvalue weighted by atomic mass is 9.93. The van der Waals surface area contributed by atoms with Gasteiger partial charge in [-0.3, -0.25) is 20.2 Å². The Labute approximate surface area is 116 Å². The molecular formula is C12H18N4O4. The molecule has 110 valence electrons. The molecule has 8 heteroatoms. The molecule has 0 bridgehead atoms. The largest absolute Gasteiger partial charge is 0.368 e. The second-order valence-corrected chi connectivity index (χ2v) is 5.41. The van der Waals surface area contributed by atoms with Gasteiger partial charge in [-0.2, -0.15) is 0 Å². The summed E-state index contributed by atoms with van der Waals surface area (Å²) in [6, 6.07) is 3.62. The summed E-state index contributed by atoms with van der Waals surface area (Å²) < 4.78 is 0. The Balaban J connectivity index is 3.17. The number of nitro benzene ring substituents is 2. The van der Waals surface area contributed by atoms with Gasteiger partial charge in [0.2, 0.25) is 0 Å². The summed E-state index contributed by atoms with van der Waals surface area (Å²) in [5.74, 6) is 0. The minimum absolute atomic E-state index is 0.218. The molecule has 0 saturated heterocycles. The van der Waals surface area contributed by atoms with Crippen LogP contribution in [0.3, 0.4) is 0 Å². The first-order valence-corrected chi connectivity index (χ1v) is 6.02. The fraction of sp³-hybridized carbons (Fsp3) is 0.500. The number of hydrogen-bond donors (Lipinski definition) is 1. The minimum Gasteiger partial charge on any atom is -0.368 e. The SMILES string of the molecule is CN(CC(C)(C)CN)c1ccc([N+](=O)[O-])cc1[N+](=O)[O-]. The number of nitro groups is 2. The van der Waals surface area contributed by atoms with E-state index in [1.165, 1.54) is 12.1 Å². The normalized spacial score (nSPS) is 11.2. The van der Waals surface area contributed by atoms with Crippen LogP contribution in [0.15, 0.2) is 18.2 Å². The molecule has 0 heterocycles. The van der Waals surface area contributed by atoms with Crippen molar-refractivity contribution in [3.05, 3.63) is 38.4 Å². The van der Waals surface area contributed by atoms with Gasteiger partial charge in [0.15, 0.2) is 0 Å². The Hall–Kier alpha value is -2.22. The van der Waals surface area contributed by atoms with Crippen molar-refractivity contribution in [2.24, 2.45) is 11.1 Å². The zero-order valence-electron chi connectivity index (χ0n) is 11.7. The summed E-state index contributed by atoms with van der Waals surface area (Å²) in [5.41, 5.74) is 5.18. The highest BCUT2D eigenvalue weighted by molar-refractivity contribution is 5.66. The number of nitrogens with two attached hydrogens (primary N) is 1. The zero-order chi connectivity index (χ0) is 15.5. The maximum absolute atomic E-state index is 11.1. The number of hydrogen-bond acceptors (Lipinski definition) is 6. The van der Waals surface area contributed by atoms with Gasteiger partial charge in [0.05, 0.1) is 15.9 Å². The maximum atomic E-state index is 11.1. The molecule has 0 spiro atoms. The third-order valence-corrected chi connectivity index (χ3v) is 3.00. The Kier molecular flexibility index (Phi) is 4.61. The standard InChI is InChI=1S/C12H18N4O4/c1-12(2,7-13)8-14(3)10-5-4-9(15(17)18)6-11(10)16(19)20/h4-6H,7-8,13H2,1-3H3. The van der Waals surface area contributed by atoms with Gasteiger partial charge in [-0.05, 0) is 18.0 Å². The molecule has 0 fully saturated rings. The lowest BCUT2D eigenvalue weighted by Gasteiger charge is -2.30. The van der Waals surface area contributed by atoms with Crippen LogP contribution < -0.4 is 10.6 Å². The van der Waals surface area contributed by atoms with Crippen LogP contribution in [-0.2, 0) is 0 Å². The van der Waals surface area contributed by atoms with Crippen molar-refractivity contribution >= 4 is 17.1 Å². The summed E-state index contributed by atoms with van der Waals surface area (Å²) in [4.78, 5) is 22.2. The molecule has 0 saturated carbocycles. The Morgan fingerprint density at radius 1 is 1.25 bits per heavy atom. The van der Waals surface area contributed by atoms with E-state index in [2.05, 4.69) is 0 Å². The molecule has 1 aromatic carbocycles. The fourth-order valence-corrected chi connectivity index (χ4v) is 1.89. The van der Waals surface area contributed by atoms with Crippen LogP contribution in [0.2, 0.25) is 0 Å². The monoisotopic (exact) mass is 282 g/mol. The lowest BCUT2D eigenvalue weighted by Crippen LogP contribution is -2.37.